The Bertz CT molecular complexity index is 610. The smallest absolute Gasteiger partial charge is 0.222 e. The quantitative estimate of drug-likeness (QED) is 0.614. The fourth-order valence-corrected chi connectivity index (χ4v) is 4.04. The number of aryl methyl sites for hydroxylation is 1. The molecule has 0 N–H and O–H groups in total. The van der Waals surface area contributed by atoms with Crippen LogP contribution in [0.4, 0.5) is 0 Å². The standard InChI is InChI=1S/C17H19NO3/c1-10-4-5-21-17(10)16(20)14(9-18)15(19)8-13-7-11-2-3-12(13)6-11/h4-5,11-14H,2-3,6-8H2,1H3/t11-,12-,13+,14-/m0/s1. The van der Waals surface area contributed by atoms with Crippen LogP contribution in [0.1, 0.15) is 48.2 Å². The zero-order chi connectivity index (χ0) is 15.0. The molecule has 2 aliphatic carbocycles. The van der Waals surface area contributed by atoms with Gasteiger partial charge in [-0.2, -0.15) is 5.26 Å². The van der Waals surface area contributed by atoms with Crippen molar-refractivity contribution in [1.29, 1.82) is 5.26 Å². The molecular formula is C17H19NO3. The van der Waals surface area contributed by atoms with E-state index in [0.29, 0.717) is 23.8 Å². The van der Waals surface area contributed by atoms with E-state index in [4.69, 9.17) is 4.42 Å². The summed E-state index contributed by atoms with van der Waals surface area (Å²) in [5, 5.41) is 9.23. The van der Waals surface area contributed by atoms with E-state index in [-0.39, 0.29) is 11.5 Å². The average Bonchev–Trinajstić information content (AvgIpc) is 3.15. The monoisotopic (exact) mass is 285 g/mol. The van der Waals surface area contributed by atoms with Crippen molar-refractivity contribution in [3.63, 3.8) is 0 Å². The van der Waals surface area contributed by atoms with Gasteiger partial charge in [0.15, 0.2) is 17.5 Å². The number of nitriles is 1. The van der Waals surface area contributed by atoms with Crippen molar-refractivity contribution in [3.8, 4) is 6.07 Å². The molecule has 0 aliphatic heterocycles. The Kier molecular flexibility index (Phi) is 3.67. The number of hydrogen-bond acceptors (Lipinski definition) is 4. The van der Waals surface area contributed by atoms with E-state index in [0.717, 1.165) is 12.3 Å². The fraction of sp³-hybridized carbons (Fsp3) is 0.588. The first-order valence-corrected chi connectivity index (χ1v) is 7.60. The van der Waals surface area contributed by atoms with Crippen LogP contribution in [-0.4, -0.2) is 11.6 Å². The first-order valence-electron chi connectivity index (χ1n) is 7.60. The predicted molar refractivity (Wildman–Crippen MR) is 75.4 cm³/mol. The molecule has 1 heterocycles. The van der Waals surface area contributed by atoms with Gasteiger partial charge >= 0.3 is 0 Å². The van der Waals surface area contributed by atoms with Crippen LogP contribution in [0.3, 0.4) is 0 Å². The summed E-state index contributed by atoms with van der Waals surface area (Å²) in [6, 6.07) is 3.54. The SMILES string of the molecule is Cc1ccoc1C(=O)[C@@H](C#N)C(=O)C[C@H]1C[C@H]2CC[C@H]1C2. The molecule has 4 nitrogen and oxygen atoms in total. The Morgan fingerprint density at radius 3 is 2.76 bits per heavy atom. The predicted octanol–water partition coefficient (Wildman–Crippen LogP) is 3.31. The highest BCUT2D eigenvalue weighted by Gasteiger charge is 2.42. The third-order valence-electron chi connectivity index (χ3n) is 5.15. The first-order chi connectivity index (χ1) is 10.1. The van der Waals surface area contributed by atoms with Gasteiger partial charge in [-0.3, -0.25) is 9.59 Å². The van der Waals surface area contributed by atoms with Crippen LogP contribution in [0.25, 0.3) is 0 Å². The second-order valence-corrected chi connectivity index (χ2v) is 6.46. The molecule has 0 spiro atoms. The summed E-state index contributed by atoms with van der Waals surface area (Å²) in [5.74, 6) is -0.0477. The topological polar surface area (TPSA) is 71.1 Å². The largest absolute Gasteiger partial charge is 0.461 e. The molecule has 0 saturated heterocycles. The Labute approximate surface area is 124 Å². The molecule has 1 aromatic rings. The van der Waals surface area contributed by atoms with Crippen LogP contribution in [0.15, 0.2) is 16.7 Å². The molecule has 0 unspecified atom stereocenters. The second kappa shape index (κ2) is 5.48. The highest BCUT2D eigenvalue weighted by molar-refractivity contribution is 6.12. The minimum atomic E-state index is -1.21. The summed E-state index contributed by atoms with van der Waals surface area (Å²) in [6.07, 6.45) is 6.57. The van der Waals surface area contributed by atoms with Gasteiger partial charge in [0.1, 0.15) is 0 Å². The molecule has 0 aromatic carbocycles. The molecule has 2 fully saturated rings. The molecular weight excluding hydrogens is 266 g/mol. The van der Waals surface area contributed by atoms with Crippen LogP contribution in [0.2, 0.25) is 0 Å². The van der Waals surface area contributed by atoms with Gasteiger partial charge in [0, 0.05) is 6.42 Å². The lowest BCUT2D eigenvalue weighted by Gasteiger charge is -2.21. The maximum absolute atomic E-state index is 12.4. The molecule has 3 rings (SSSR count). The van der Waals surface area contributed by atoms with E-state index in [2.05, 4.69) is 0 Å². The molecule has 21 heavy (non-hydrogen) atoms. The number of rotatable bonds is 5. The van der Waals surface area contributed by atoms with Crippen molar-refractivity contribution in [2.75, 3.05) is 0 Å². The highest BCUT2D eigenvalue weighted by Crippen LogP contribution is 2.49. The van der Waals surface area contributed by atoms with Gasteiger partial charge in [-0.15, -0.1) is 0 Å². The number of fused-ring (bicyclic) bond motifs is 2. The summed E-state index contributed by atoms with van der Waals surface area (Å²) in [4.78, 5) is 24.7. The Balaban J connectivity index is 1.69. The number of carbonyl (C=O) groups excluding carboxylic acids is 2. The molecule has 1 aromatic heterocycles. The average molecular weight is 285 g/mol. The van der Waals surface area contributed by atoms with Crippen molar-refractivity contribution in [3.05, 3.63) is 23.7 Å². The van der Waals surface area contributed by atoms with E-state index in [1.807, 2.05) is 6.07 Å². The molecule has 2 aliphatic rings. The number of furan rings is 1. The summed E-state index contributed by atoms with van der Waals surface area (Å²) in [7, 11) is 0. The van der Waals surface area contributed by atoms with Crippen molar-refractivity contribution < 1.29 is 14.0 Å². The fourth-order valence-electron chi connectivity index (χ4n) is 4.04. The highest BCUT2D eigenvalue weighted by atomic mass is 16.3. The van der Waals surface area contributed by atoms with E-state index < -0.39 is 11.7 Å². The molecule has 4 atom stereocenters. The Hall–Kier alpha value is -1.89. The number of ketones is 2. The van der Waals surface area contributed by atoms with Crippen molar-refractivity contribution in [1.82, 2.24) is 0 Å². The molecule has 2 bridgehead atoms. The normalized spacial score (nSPS) is 28.3. The van der Waals surface area contributed by atoms with Gasteiger partial charge in [0.05, 0.1) is 12.3 Å². The summed E-state index contributed by atoms with van der Waals surface area (Å²) >= 11 is 0. The van der Waals surface area contributed by atoms with Gasteiger partial charge in [-0.1, -0.05) is 6.42 Å². The third-order valence-corrected chi connectivity index (χ3v) is 5.15. The molecule has 0 radical (unpaired) electrons. The van der Waals surface area contributed by atoms with Crippen LogP contribution < -0.4 is 0 Å². The number of nitrogens with zero attached hydrogens (tertiary/aromatic N) is 1. The van der Waals surface area contributed by atoms with E-state index >= 15 is 0 Å². The minimum Gasteiger partial charge on any atom is -0.461 e. The Morgan fingerprint density at radius 2 is 2.24 bits per heavy atom. The first kappa shape index (κ1) is 14.1. The number of carbonyl (C=O) groups is 2. The van der Waals surface area contributed by atoms with E-state index in [1.165, 1.54) is 25.5 Å². The molecule has 4 heteroatoms. The number of hydrogen-bond donors (Lipinski definition) is 0. The van der Waals surface area contributed by atoms with E-state index in [9.17, 15) is 14.9 Å². The zero-order valence-electron chi connectivity index (χ0n) is 12.2. The zero-order valence-corrected chi connectivity index (χ0v) is 12.2. The number of Topliss-reactive ketones (excluding diaryl/α,β-unsaturated/α-hetero) is 2. The lowest BCUT2D eigenvalue weighted by atomic mass is 9.82. The molecule has 110 valence electrons. The van der Waals surface area contributed by atoms with Crippen molar-refractivity contribution in [2.24, 2.45) is 23.7 Å². The minimum absolute atomic E-state index is 0.142. The van der Waals surface area contributed by atoms with Crippen LogP contribution in [0, 0.1) is 41.9 Å². The maximum atomic E-state index is 12.4. The third kappa shape index (κ3) is 2.53. The summed E-state index contributed by atoms with van der Waals surface area (Å²) in [5.41, 5.74) is 0.674. The van der Waals surface area contributed by atoms with Crippen LogP contribution in [0.5, 0.6) is 0 Å². The van der Waals surface area contributed by atoms with Crippen LogP contribution >= 0.6 is 0 Å². The second-order valence-electron chi connectivity index (χ2n) is 6.46. The van der Waals surface area contributed by atoms with Crippen molar-refractivity contribution >= 4 is 11.6 Å². The van der Waals surface area contributed by atoms with Gasteiger partial charge in [-0.05, 0) is 55.6 Å². The molecule has 2 saturated carbocycles. The molecule has 0 amide bonds. The van der Waals surface area contributed by atoms with Gasteiger partial charge in [0.2, 0.25) is 5.78 Å². The van der Waals surface area contributed by atoms with Gasteiger partial charge in [0.25, 0.3) is 0 Å². The maximum Gasteiger partial charge on any atom is 0.222 e. The van der Waals surface area contributed by atoms with Gasteiger partial charge in [-0.25, -0.2) is 0 Å². The summed E-state index contributed by atoms with van der Waals surface area (Å²) in [6.45, 7) is 1.74. The Morgan fingerprint density at radius 1 is 1.43 bits per heavy atom. The van der Waals surface area contributed by atoms with E-state index in [1.54, 1.807) is 13.0 Å². The lowest BCUT2D eigenvalue weighted by molar-refractivity contribution is -0.121. The lowest BCUT2D eigenvalue weighted by Crippen LogP contribution is -2.26. The van der Waals surface area contributed by atoms with Gasteiger partial charge < -0.3 is 4.42 Å². The van der Waals surface area contributed by atoms with Crippen LogP contribution in [-0.2, 0) is 4.79 Å². The summed E-state index contributed by atoms with van der Waals surface area (Å²) < 4.78 is 5.13. The van der Waals surface area contributed by atoms with Crippen molar-refractivity contribution in [2.45, 2.75) is 39.0 Å².